The molecule has 3 heterocycles. The molecule has 3 N–H and O–H groups in total. The second-order valence-electron chi connectivity index (χ2n) is 13.7. The normalized spacial score (nSPS) is 14.7. The van der Waals surface area contributed by atoms with Gasteiger partial charge in [0.25, 0.3) is 11.8 Å². The zero-order valence-corrected chi connectivity index (χ0v) is 29.7. The number of esters is 1. The van der Waals surface area contributed by atoms with Crippen molar-refractivity contribution in [1.82, 2.24) is 25.2 Å². The van der Waals surface area contributed by atoms with Crippen molar-refractivity contribution in [1.29, 1.82) is 0 Å². The Labute approximate surface area is 304 Å². The summed E-state index contributed by atoms with van der Waals surface area (Å²) in [6.45, 7) is 8.30. The molecule has 272 valence electrons. The van der Waals surface area contributed by atoms with E-state index < -0.39 is 47.5 Å². The van der Waals surface area contributed by atoms with Crippen molar-refractivity contribution >= 4 is 40.9 Å². The highest BCUT2D eigenvalue weighted by Crippen LogP contribution is 2.30. The first-order chi connectivity index (χ1) is 25.3. The van der Waals surface area contributed by atoms with Crippen molar-refractivity contribution in [3.05, 3.63) is 119 Å². The number of hydrogen-bond acceptors (Lipinski definition) is 9. The van der Waals surface area contributed by atoms with Gasteiger partial charge < -0.3 is 25.4 Å². The number of rotatable bonds is 9. The number of benzodiazepines with no additional fused rings is 1. The zero-order valence-electron chi connectivity index (χ0n) is 29.7. The first kappa shape index (κ1) is 36.4. The molecule has 3 aromatic carbocycles. The number of hydrogen-bond donors (Lipinski definition) is 3. The average Bonchev–Trinajstić information content (AvgIpc) is 3.44. The van der Waals surface area contributed by atoms with Gasteiger partial charge in [-0.3, -0.25) is 9.59 Å². The van der Waals surface area contributed by atoms with Gasteiger partial charge in [0.15, 0.2) is 5.65 Å². The molecule has 0 saturated heterocycles. The van der Waals surface area contributed by atoms with E-state index in [0.29, 0.717) is 22.5 Å². The highest BCUT2D eigenvalue weighted by Gasteiger charge is 2.32. The second kappa shape index (κ2) is 15.0. The van der Waals surface area contributed by atoms with E-state index in [1.165, 1.54) is 28.9 Å². The molecule has 14 heteroatoms. The van der Waals surface area contributed by atoms with E-state index in [-0.39, 0.29) is 35.0 Å². The van der Waals surface area contributed by atoms with Crippen LogP contribution in [0.1, 0.15) is 61.7 Å². The van der Waals surface area contributed by atoms with Crippen molar-refractivity contribution in [2.75, 3.05) is 5.32 Å². The molecule has 0 aliphatic carbocycles. The molecule has 0 saturated carbocycles. The molecule has 2 atom stereocenters. The number of carbonyl (C=O) groups is 4. The number of nitrogens with one attached hydrogen (secondary N) is 3. The third kappa shape index (κ3) is 8.22. The Morgan fingerprint density at radius 3 is 2.43 bits per heavy atom. The standard InChI is InChI=1S/C39H38FN7O6/c1-22(2)30(44-38(51)53-39(3,4)5)37(50)52-21-23-16-17-25(27(40)20-23)32-29(34-41-18-11-19-47(34)46-32)35(48)45-33-36(49)42-28-15-10-9-14-26(28)31(43-33)24-12-7-6-8-13-24/h6-20,22,30,33H,21H2,1-5H3,(H,42,49)(H,44,51)(H,45,48)/t30?,33-/m1/s1. The van der Waals surface area contributed by atoms with Crippen LogP contribution >= 0.6 is 0 Å². The summed E-state index contributed by atoms with van der Waals surface area (Å²) >= 11 is 0. The van der Waals surface area contributed by atoms with E-state index in [2.05, 4.69) is 26.0 Å². The smallest absolute Gasteiger partial charge is 0.408 e. The molecule has 0 fully saturated rings. The molecule has 1 aliphatic heterocycles. The van der Waals surface area contributed by atoms with Crippen LogP contribution < -0.4 is 16.0 Å². The molecule has 1 unspecified atom stereocenters. The van der Waals surface area contributed by atoms with Crippen LogP contribution in [0.25, 0.3) is 16.9 Å². The zero-order chi connectivity index (χ0) is 37.9. The lowest BCUT2D eigenvalue weighted by molar-refractivity contribution is -0.148. The Kier molecular flexibility index (Phi) is 10.3. The number of halogens is 1. The summed E-state index contributed by atoms with van der Waals surface area (Å²) in [4.78, 5) is 61.9. The maximum absolute atomic E-state index is 15.9. The Balaban J connectivity index is 1.26. The number of carbonyl (C=O) groups excluding carboxylic acids is 4. The van der Waals surface area contributed by atoms with Gasteiger partial charge in [-0.1, -0.05) is 68.4 Å². The van der Waals surface area contributed by atoms with Gasteiger partial charge in [-0.2, -0.15) is 5.10 Å². The summed E-state index contributed by atoms with van der Waals surface area (Å²) in [5.74, 6) is -3.13. The maximum atomic E-state index is 15.9. The molecule has 6 rings (SSSR count). The van der Waals surface area contributed by atoms with Gasteiger partial charge in [0.1, 0.15) is 35.3 Å². The van der Waals surface area contributed by atoms with Gasteiger partial charge in [0, 0.05) is 29.1 Å². The van der Waals surface area contributed by atoms with Crippen LogP contribution in [0.15, 0.2) is 96.2 Å². The predicted molar refractivity (Wildman–Crippen MR) is 195 cm³/mol. The van der Waals surface area contributed by atoms with E-state index in [4.69, 9.17) is 14.5 Å². The fraction of sp³-hybridized carbons (Fsp3) is 0.256. The van der Waals surface area contributed by atoms with E-state index in [0.717, 1.165) is 5.56 Å². The van der Waals surface area contributed by atoms with Gasteiger partial charge >= 0.3 is 12.1 Å². The summed E-state index contributed by atoms with van der Waals surface area (Å²) in [5, 5.41) is 12.6. The largest absolute Gasteiger partial charge is 0.459 e. The summed E-state index contributed by atoms with van der Waals surface area (Å²) < 4.78 is 28.0. The molecule has 3 amide bonds. The second-order valence-corrected chi connectivity index (χ2v) is 13.7. The SMILES string of the molecule is CC(C)C(NC(=O)OC(C)(C)C)C(=O)OCc1ccc(-c2nn3cccnc3c2C(=O)N[C@H]2N=C(c3ccccc3)c3ccccc3NC2=O)c(F)c1. The van der Waals surface area contributed by atoms with E-state index in [1.54, 1.807) is 59.0 Å². The van der Waals surface area contributed by atoms with Crippen LogP contribution in [0, 0.1) is 11.7 Å². The Morgan fingerprint density at radius 1 is 0.981 bits per heavy atom. The molecule has 2 aromatic heterocycles. The minimum Gasteiger partial charge on any atom is -0.459 e. The lowest BCUT2D eigenvalue weighted by atomic mass is 10.0. The van der Waals surface area contributed by atoms with Crippen LogP contribution in [0.5, 0.6) is 0 Å². The third-order valence-corrected chi connectivity index (χ3v) is 8.15. The monoisotopic (exact) mass is 719 g/mol. The first-order valence-corrected chi connectivity index (χ1v) is 16.9. The van der Waals surface area contributed by atoms with Crippen molar-refractivity contribution in [3.8, 4) is 11.3 Å². The molecule has 5 aromatic rings. The average molecular weight is 720 g/mol. The van der Waals surface area contributed by atoms with Crippen molar-refractivity contribution in [2.24, 2.45) is 10.9 Å². The van der Waals surface area contributed by atoms with E-state index in [9.17, 15) is 19.2 Å². The third-order valence-electron chi connectivity index (χ3n) is 8.15. The number of anilines is 1. The fourth-order valence-electron chi connectivity index (χ4n) is 5.68. The summed E-state index contributed by atoms with van der Waals surface area (Å²) in [5.41, 5.74) is 1.96. The minimum absolute atomic E-state index is 0.0337. The summed E-state index contributed by atoms with van der Waals surface area (Å²) in [7, 11) is 0. The van der Waals surface area contributed by atoms with Gasteiger partial charge in [-0.05, 0) is 56.5 Å². The van der Waals surface area contributed by atoms with Crippen LogP contribution in [0.3, 0.4) is 0 Å². The number of fused-ring (bicyclic) bond motifs is 2. The lowest BCUT2D eigenvalue weighted by Gasteiger charge is -2.24. The Bertz CT molecular complexity index is 2230. The molecule has 0 spiro atoms. The van der Waals surface area contributed by atoms with Crippen LogP contribution in [0.4, 0.5) is 14.9 Å². The van der Waals surface area contributed by atoms with Gasteiger partial charge in [-0.25, -0.2) is 28.5 Å². The van der Waals surface area contributed by atoms with Gasteiger partial charge in [-0.15, -0.1) is 0 Å². The number of nitrogens with zero attached hydrogens (tertiary/aromatic N) is 4. The van der Waals surface area contributed by atoms with Gasteiger partial charge in [0.2, 0.25) is 6.17 Å². The number of amides is 3. The van der Waals surface area contributed by atoms with Crippen molar-refractivity contribution in [2.45, 2.75) is 59.0 Å². The maximum Gasteiger partial charge on any atom is 0.408 e. The first-order valence-electron chi connectivity index (χ1n) is 16.9. The highest BCUT2D eigenvalue weighted by atomic mass is 19.1. The number of aliphatic imine (C=N–C) groups is 1. The lowest BCUT2D eigenvalue weighted by Crippen LogP contribution is -2.47. The molecule has 1 aliphatic rings. The molecule has 0 radical (unpaired) electrons. The topological polar surface area (TPSA) is 165 Å². The Hall–Kier alpha value is -6.44. The summed E-state index contributed by atoms with van der Waals surface area (Å²) in [6, 6.07) is 21.2. The van der Waals surface area contributed by atoms with E-state index >= 15 is 4.39 Å². The molecule has 53 heavy (non-hydrogen) atoms. The van der Waals surface area contributed by atoms with Crippen molar-refractivity contribution in [3.63, 3.8) is 0 Å². The number of alkyl carbamates (subject to hydrolysis) is 1. The summed E-state index contributed by atoms with van der Waals surface area (Å²) in [6.07, 6.45) is 0.899. The molecule has 0 bridgehead atoms. The minimum atomic E-state index is -1.36. The number of para-hydroxylation sites is 1. The Morgan fingerprint density at radius 2 is 1.72 bits per heavy atom. The fourth-order valence-corrected chi connectivity index (χ4v) is 5.68. The van der Waals surface area contributed by atoms with Crippen LogP contribution in [-0.2, 0) is 25.7 Å². The molecular formula is C39H38FN7O6. The predicted octanol–water partition coefficient (Wildman–Crippen LogP) is 5.67. The molecular weight excluding hydrogens is 681 g/mol. The quantitative estimate of drug-likeness (QED) is 0.164. The number of ether oxygens (including phenoxy) is 2. The van der Waals surface area contributed by atoms with Crippen LogP contribution in [-0.4, -0.2) is 62.0 Å². The number of benzene rings is 3. The van der Waals surface area contributed by atoms with Crippen molar-refractivity contribution < 1.29 is 33.0 Å². The molecule has 13 nitrogen and oxygen atoms in total. The van der Waals surface area contributed by atoms with Gasteiger partial charge in [0.05, 0.1) is 11.4 Å². The number of aromatic nitrogens is 3. The van der Waals surface area contributed by atoms with E-state index in [1.807, 2.05) is 42.5 Å². The highest BCUT2D eigenvalue weighted by molar-refractivity contribution is 6.20. The van der Waals surface area contributed by atoms with Crippen LogP contribution in [0.2, 0.25) is 0 Å².